The van der Waals surface area contributed by atoms with Gasteiger partial charge in [-0.1, -0.05) is 211 Å². The van der Waals surface area contributed by atoms with E-state index in [-0.39, 0.29) is 72.0 Å². The Morgan fingerprint density at radius 2 is 0.484 bits per heavy atom. The number of carboxylic acids is 3. The van der Waals surface area contributed by atoms with E-state index < -0.39 is 17.9 Å². The van der Waals surface area contributed by atoms with E-state index in [0.717, 1.165) is 51.4 Å². The second-order valence-electron chi connectivity index (χ2n) is 17.1. The largest absolute Gasteiger partial charge is 1.00 e. The van der Waals surface area contributed by atoms with Gasteiger partial charge in [-0.25, -0.2) is 0 Å². The van der Waals surface area contributed by atoms with Crippen LogP contribution in [0.15, 0.2) is 36.5 Å². The van der Waals surface area contributed by atoms with Crippen LogP contribution in [0.2, 0.25) is 0 Å². The van der Waals surface area contributed by atoms with Crippen molar-refractivity contribution in [1.82, 2.24) is 0 Å². The topological polar surface area (TPSA) is 118 Å². The van der Waals surface area contributed by atoms with Crippen LogP contribution in [0.1, 0.15) is 290 Å². The second-order valence-corrected chi connectivity index (χ2v) is 17.1. The second kappa shape index (κ2) is 67.2. The third kappa shape index (κ3) is 80.0. The summed E-state index contributed by atoms with van der Waals surface area (Å²) in [6, 6.07) is 0. The number of hydrogen-bond donors (Lipinski definition) is 1. The Balaban J connectivity index is -0.000000258. The third-order valence-corrected chi connectivity index (χ3v) is 10.9. The van der Waals surface area contributed by atoms with E-state index in [0.29, 0.717) is 6.42 Å². The summed E-state index contributed by atoms with van der Waals surface area (Å²) in [5.41, 5.74) is 0. The fraction of sp³-hybridized carbons (Fsp3) is 0.833. The summed E-state index contributed by atoms with van der Waals surface area (Å²) in [6.45, 7) is 6.77. The molecule has 0 aliphatic heterocycles. The molecule has 0 aromatic carbocycles. The molecule has 8 heteroatoms. The minimum atomic E-state index is -0.914. The van der Waals surface area contributed by atoms with Crippen LogP contribution in [-0.4, -0.2) is 23.0 Å². The van der Waals surface area contributed by atoms with Gasteiger partial charge in [-0.2, -0.15) is 0 Å². The summed E-state index contributed by atoms with van der Waals surface area (Å²) < 4.78 is 0. The Hall–Kier alpha value is -0.370. The number of aliphatic carboxylic acids is 3. The summed E-state index contributed by atoms with van der Waals surface area (Å²) >= 11 is 0. The van der Waals surface area contributed by atoms with Crippen LogP contribution in [0, 0.1) is 0 Å². The van der Waals surface area contributed by atoms with Crippen LogP contribution < -0.4 is 69.3 Å². The molecule has 0 radical (unpaired) electrons. The van der Waals surface area contributed by atoms with Gasteiger partial charge in [0.25, 0.3) is 0 Å². The summed E-state index contributed by atoms with van der Waals surface area (Å²) in [6.07, 6.45) is 63.0. The van der Waals surface area contributed by atoms with Gasteiger partial charge in [0, 0.05) is 18.4 Å². The standard InChI is InChI=1S/3C18H34O2.2Na/c3*1-2-3-4-5-6-7-8-9-10-11-12-13-14-15-16-17-18(19)20;;/h3*9-10H,2-8,11-17H2,1H3,(H,19,20);;/q;;;2*+1/p-2/b3*10-9-;;. The van der Waals surface area contributed by atoms with Crippen molar-refractivity contribution in [2.24, 2.45) is 0 Å². The Bertz CT molecular complexity index is 832. The molecule has 0 atom stereocenters. The van der Waals surface area contributed by atoms with Gasteiger partial charge in [-0.3, -0.25) is 4.79 Å². The smallest absolute Gasteiger partial charge is 0.550 e. The van der Waals surface area contributed by atoms with Crippen LogP contribution in [0.5, 0.6) is 0 Å². The Kier molecular flexibility index (Phi) is 76.6. The van der Waals surface area contributed by atoms with Crippen molar-refractivity contribution in [1.29, 1.82) is 0 Å². The molecule has 0 saturated carbocycles. The van der Waals surface area contributed by atoms with Crippen molar-refractivity contribution in [2.75, 3.05) is 0 Å². The SMILES string of the molecule is CCCCCCCC/C=C\CCCCCCCC(=O)O.CCCCCCCC/C=C\CCCCCCCC(=O)[O-].CCCCCCCC/C=C\CCCCCCCC(=O)[O-].[Na+].[Na+]. The molecular formula is C54H100Na2O6. The van der Waals surface area contributed by atoms with Gasteiger partial charge in [0.05, 0.1) is 0 Å². The maximum atomic E-state index is 10.3. The van der Waals surface area contributed by atoms with E-state index in [1.807, 2.05) is 0 Å². The van der Waals surface area contributed by atoms with Gasteiger partial charge < -0.3 is 24.9 Å². The number of carboxylic acid groups (broad SMARTS) is 3. The van der Waals surface area contributed by atoms with Gasteiger partial charge in [0.15, 0.2) is 0 Å². The minimum Gasteiger partial charge on any atom is -0.550 e. The van der Waals surface area contributed by atoms with Gasteiger partial charge >= 0.3 is 65.1 Å². The molecular weight excluding hydrogens is 791 g/mol. The molecule has 0 aliphatic rings. The molecule has 0 saturated heterocycles. The zero-order valence-electron chi connectivity index (χ0n) is 42.2. The quantitative estimate of drug-likeness (QED) is 0.0370. The number of carbonyl (C=O) groups excluding carboxylic acids is 2. The molecule has 6 nitrogen and oxygen atoms in total. The first-order valence-electron chi connectivity index (χ1n) is 25.9. The van der Waals surface area contributed by atoms with Crippen LogP contribution in [0.25, 0.3) is 0 Å². The van der Waals surface area contributed by atoms with E-state index in [9.17, 15) is 24.6 Å². The molecule has 0 aromatic heterocycles. The summed E-state index contributed by atoms with van der Waals surface area (Å²) in [4.78, 5) is 30.8. The van der Waals surface area contributed by atoms with Crippen molar-refractivity contribution in [2.45, 2.75) is 290 Å². The number of unbranched alkanes of at least 4 members (excludes halogenated alkanes) is 33. The molecule has 0 spiro atoms. The van der Waals surface area contributed by atoms with Crippen LogP contribution in [-0.2, 0) is 14.4 Å². The molecule has 1 N–H and O–H groups in total. The third-order valence-electron chi connectivity index (χ3n) is 10.9. The maximum Gasteiger partial charge on any atom is 1.00 e. The molecule has 0 amide bonds. The average molecular weight is 891 g/mol. The zero-order valence-corrected chi connectivity index (χ0v) is 46.2. The van der Waals surface area contributed by atoms with E-state index in [4.69, 9.17) is 5.11 Å². The Morgan fingerprint density at radius 1 is 0.306 bits per heavy atom. The van der Waals surface area contributed by atoms with Crippen molar-refractivity contribution < 1.29 is 88.8 Å². The van der Waals surface area contributed by atoms with E-state index >= 15 is 0 Å². The van der Waals surface area contributed by atoms with Crippen LogP contribution in [0.3, 0.4) is 0 Å². The predicted octanol–water partition coefficient (Wildman–Crippen LogP) is 9.66. The van der Waals surface area contributed by atoms with E-state index in [2.05, 4.69) is 57.2 Å². The predicted molar refractivity (Wildman–Crippen MR) is 256 cm³/mol. The number of carbonyl (C=O) groups is 3. The van der Waals surface area contributed by atoms with E-state index in [1.54, 1.807) is 0 Å². The monoisotopic (exact) mass is 891 g/mol. The summed E-state index contributed by atoms with van der Waals surface area (Å²) in [5, 5.41) is 28.9. The number of hydrogen-bond acceptors (Lipinski definition) is 5. The summed E-state index contributed by atoms with van der Waals surface area (Å²) in [7, 11) is 0. The molecule has 0 unspecified atom stereocenters. The van der Waals surface area contributed by atoms with Gasteiger partial charge in [-0.15, -0.1) is 0 Å². The molecule has 0 heterocycles. The molecule has 0 bridgehead atoms. The van der Waals surface area contributed by atoms with E-state index in [1.165, 1.54) is 199 Å². The maximum absolute atomic E-state index is 10.3. The van der Waals surface area contributed by atoms with Gasteiger partial charge in [0.1, 0.15) is 0 Å². The fourth-order valence-corrected chi connectivity index (χ4v) is 7.03. The van der Waals surface area contributed by atoms with Crippen molar-refractivity contribution >= 4 is 17.9 Å². The summed E-state index contributed by atoms with van der Waals surface area (Å²) in [5.74, 6) is -2.49. The molecule has 0 rings (SSSR count). The normalized spacial score (nSPS) is 10.9. The molecule has 0 aromatic rings. The fourth-order valence-electron chi connectivity index (χ4n) is 7.03. The van der Waals surface area contributed by atoms with Gasteiger partial charge in [-0.05, 0) is 109 Å². The first-order valence-corrected chi connectivity index (χ1v) is 25.9. The van der Waals surface area contributed by atoms with Crippen molar-refractivity contribution in [3.05, 3.63) is 36.5 Å². The Morgan fingerprint density at radius 3 is 0.677 bits per heavy atom. The molecule has 0 fully saturated rings. The first kappa shape index (κ1) is 70.6. The van der Waals surface area contributed by atoms with Crippen LogP contribution >= 0.6 is 0 Å². The Labute approximate surface area is 430 Å². The molecule has 0 aliphatic carbocycles. The molecule has 62 heavy (non-hydrogen) atoms. The first-order chi connectivity index (χ1) is 29.3. The number of rotatable bonds is 45. The minimum absolute atomic E-state index is 0. The van der Waals surface area contributed by atoms with Crippen LogP contribution in [0.4, 0.5) is 0 Å². The van der Waals surface area contributed by atoms with Gasteiger partial charge in [0.2, 0.25) is 0 Å². The zero-order chi connectivity index (χ0) is 44.7. The average Bonchev–Trinajstić information content (AvgIpc) is 3.22. The van der Waals surface area contributed by atoms with Crippen molar-refractivity contribution in [3.63, 3.8) is 0 Å². The number of allylic oxidation sites excluding steroid dienone is 6. The molecule has 354 valence electrons. The van der Waals surface area contributed by atoms with Crippen molar-refractivity contribution in [3.8, 4) is 0 Å².